The second-order valence-electron chi connectivity index (χ2n) is 13.4. The lowest BCUT2D eigenvalue weighted by molar-refractivity contribution is -0.233. The Morgan fingerprint density at radius 1 is 1.13 bits per heavy atom. The molecule has 0 radical (unpaired) electrons. The first-order chi connectivity index (χ1) is 22.4. The second kappa shape index (κ2) is 12.6. The monoisotopic (exact) mass is 642 g/mol. The van der Waals surface area contributed by atoms with Gasteiger partial charge < -0.3 is 28.8 Å². The summed E-state index contributed by atoms with van der Waals surface area (Å²) in [7, 11) is 0. The minimum atomic E-state index is -1.38. The van der Waals surface area contributed by atoms with Crippen molar-refractivity contribution in [2.75, 3.05) is 6.61 Å². The highest BCUT2D eigenvalue weighted by Gasteiger charge is 2.67. The van der Waals surface area contributed by atoms with Gasteiger partial charge in [0.25, 0.3) is 0 Å². The third-order valence-corrected chi connectivity index (χ3v) is 10.6. The van der Waals surface area contributed by atoms with Crippen molar-refractivity contribution in [2.24, 2.45) is 23.2 Å². The molecule has 3 aliphatic rings. The van der Waals surface area contributed by atoms with Crippen LogP contribution in [0.4, 0.5) is 0 Å². The molecule has 3 unspecified atom stereocenters. The molecule has 2 fully saturated rings. The number of rotatable bonds is 5. The highest BCUT2D eigenvalue weighted by atomic mass is 16.6. The van der Waals surface area contributed by atoms with Gasteiger partial charge in [0, 0.05) is 36.9 Å². The Morgan fingerprint density at radius 3 is 2.57 bits per heavy atom. The Hall–Kier alpha value is -4.53. The van der Waals surface area contributed by atoms with Crippen LogP contribution in [0.3, 0.4) is 0 Å². The average molecular weight is 643 g/mol. The molecule has 0 saturated heterocycles. The van der Waals surface area contributed by atoms with Gasteiger partial charge in [0.05, 0.1) is 36.0 Å². The fourth-order valence-corrected chi connectivity index (χ4v) is 8.28. The molecule has 246 valence electrons. The van der Waals surface area contributed by atoms with E-state index in [1.54, 1.807) is 37.5 Å². The highest BCUT2D eigenvalue weighted by Crippen LogP contribution is 2.63. The molecule has 3 heterocycles. The van der Waals surface area contributed by atoms with Crippen LogP contribution in [0.5, 0.6) is 5.75 Å². The summed E-state index contributed by atoms with van der Waals surface area (Å²) in [5.41, 5.74) is -1.70. The minimum absolute atomic E-state index is 0.0293. The van der Waals surface area contributed by atoms with Gasteiger partial charge in [-0.15, -0.1) is 0 Å². The zero-order valence-electron chi connectivity index (χ0n) is 26.5. The number of hydrogen-bond acceptors (Lipinski definition) is 11. The molecule has 1 aliphatic heterocycles. The summed E-state index contributed by atoms with van der Waals surface area (Å²) in [6.07, 6.45) is 2.53. The molecule has 11 heteroatoms. The second-order valence-corrected chi connectivity index (χ2v) is 13.4. The van der Waals surface area contributed by atoms with Crippen LogP contribution in [0.2, 0.25) is 0 Å². The topological polar surface area (TPSA) is 169 Å². The quantitative estimate of drug-likeness (QED) is 0.369. The number of aliphatic hydroxyl groups excluding tert-OH is 2. The van der Waals surface area contributed by atoms with Crippen LogP contribution in [0.25, 0.3) is 11.3 Å². The number of ether oxygens (including phenoxy) is 3. The van der Waals surface area contributed by atoms with Gasteiger partial charge >= 0.3 is 17.6 Å². The number of carbonyl (C=O) groups is 2. The molecule has 6 rings (SSSR count). The van der Waals surface area contributed by atoms with Crippen molar-refractivity contribution in [2.45, 2.75) is 76.8 Å². The maximum atomic E-state index is 13.7. The SMILES string of the molecule is CC(=O)OCC1CC[C@@H](O)CC[C@@]2(C)C1C[C@H](OC(=O)c1ccc(C#N)cc1)[C@@]1(C)Oc3cc(-c4cccnc4)oc(=O)c3[C@H](O)C21. The Labute approximate surface area is 272 Å². The molecule has 2 aromatic heterocycles. The number of esters is 2. The van der Waals surface area contributed by atoms with Crippen LogP contribution in [-0.4, -0.2) is 51.6 Å². The highest BCUT2D eigenvalue weighted by molar-refractivity contribution is 5.89. The van der Waals surface area contributed by atoms with E-state index >= 15 is 0 Å². The summed E-state index contributed by atoms with van der Waals surface area (Å²) in [6.45, 7) is 5.23. The van der Waals surface area contributed by atoms with Crippen molar-refractivity contribution in [3.05, 3.63) is 82.0 Å². The van der Waals surface area contributed by atoms with E-state index in [9.17, 15) is 29.9 Å². The molecular formula is C36H38N2O9. The molecule has 2 aliphatic carbocycles. The Balaban J connectivity index is 1.48. The number of carbonyl (C=O) groups excluding carboxylic acids is 2. The van der Waals surface area contributed by atoms with Crippen LogP contribution < -0.4 is 10.4 Å². The predicted molar refractivity (Wildman–Crippen MR) is 167 cm³/mol. The largest absolute Gasteiger partial charge is 0.482 e. The third-order valence-electron chi connectivity index (χ3n) is 10.6. The first kappa shape index (κ1) is 32.4. The normalized spacial score (nSPS) is 31.3. The summed E-state index contributed by atoms with van der Waals surface area (Å²) in [4.78, 5) is 43.3. The van der Waals surface area contributed by atoms with Gasteiger partial charge in [-0.05, 0) is 92.7 Å². The van der Waals surface area contributed by atoms with E-state index in [0.717, 1.165) is 0 Å². The molecule has 1 aromatic carbocycles. The van der Waals surface area contributed by atoms with Gasteiger partial charge in [0.1, 0.15) is 28.8 Å². The molecule has 11 nitrogen and oxygen atoms in total. The lowest BCUT2D eigenvalue weighted by Gasteiger charge is -2.62. The van der Waals surface area contributed by atoms with Crippen LogP contribution in [0.1, 0.15) is 80.5 Å². The van der Waals surface area contributed by atoms with Crippen molar-refractivity contribution in [3.8, 4) is 23.1 Å². The summed E-state index contributed by atoms with van der Waals surface area (Å²) >= 11 is 0. The van der Waals surface area contributed by atoms with Crippen molar-refractivity contribution in [3.63, 3.8) is 0 Å². The van der Waals surface area contributed by atoms with E-state index in [-0.39, 0.29) is 41.1 Å². The van der Waals surface area contributed by atoms with Gasteiger partial charge in [0.15, 0.2) is 0 Å². The van der Waals surface area contributed by atoms with E-state index in [4.69, 9.17) is 18.6 Å². The molecule has 8 atom stereocenters. The summed E-state index contributed by atoms with van der Waals surface area (Å²) in [6, 6.07) is 13.1. The number of nitrogens with zero attached hydrogens (tertiary/aromatic N) is 2. The third kappa shape index (κ3) is 5.92. The van der Waals surface area contributed by atoms with E-state index in [1.165, 1.54) is 31.2 Å². The van der Waals surface area contributed by atoms with Crippen LogP contribution in [-0.2, 0) is 14.3 Å². The van der Waals surface area contributed by atoms with Crippen molar-refractivity contribution in [1.82, 2.24) is 4.98 Å². The van der Waals surface area contributed by atoms with Crippen molar-refractivity contribution in [1.29, 1.82) is 5.26 Å². The van der Waals surface area contributed by atoms with E-state index in [1.807, 2.05) is 13.0 Å². The van der Waals surface area contributed by atoms with E-state index in [2.05, 4.69) is 4.98 Å². The molecule has 0 bridgehead atoms. The summed E-state index contributed by atoms with van der Waals surface area (Å²) in [5.74, 6) is -2.03. The maximum Gasteiger partial charge on any atom is 0.345 e. The number of nitriles is 1. The fraction of sp³-hybridized carbons (Fsp3) is 0.472. The fourth-order valence-electron chi connectivity index (χ4n) is 8.28. The average Bonchev–Trinajstić information content (AvgIpc) is 3.04. The Kier molecular flexibility index (Phi) is 8.68. The lowest BCUT2D eigenvalue weighted by Crippen LogP contribution is -2.68. The van der Waals surface area contributed by atoms with Gasteiger partial charge in [-0.2, -0.15) is 5.26 Å². The number of pyridine rings is 1. The number of fused-ring (bicyclic) bond motifs is 4. The minimum Gasteiger partial charge on any atom is -0.482 e. The summed E-state index contributed by atoms with van der Waals surface area (Å²) < 4.78 is 24.2. The van der Waals surface area contributed by atoms with Crippen LogP contribution >= 0.6 is 0 Å². The van der Waals surface area contributed by atoms with Crippen molar-refractivity contribution >= 4 is 11.9 Å². The molecule has 2 N–H and O–H groups in total. The molecule has 3 aromatic rings. The van der Waals surface area contributed by atoms with Crippen LogP contribution in [0, 0.1) is 34.5 Å². The number of aromatic nitrogens is 1. The molecule has 2 saturated carbocycles. The van der Waals surface area contributed by atoms with Crippen LogP contribution in [0.15, 0.2) is 64.1 Å². The molecule has 0 spiro atoms. The first-order valence-electron chi connectivity index (χ1n) is 15.9. The van der Waals surface area contributed by atoms with Gasteiger partial charge in [-0.1, -0.05) is 6.92 Å². The smallest absolute Gasteiger partial charge is 0.345 e. The molecular weight excluding hydrogens is 604 g/mol. The zero-order valence-corrected chi connectivity index (χ0v) is 26.5. The Morgan fingerprint density at radius 2 is 1.89 bits per heavy atom. The Bertz CT molecular complexity index is 1750. The van der Waals surface area contributed by atoms with E-state index < -0.39 is 52.8 Å². The number of benzene rings is 1. The standard InChI is InChI=1S/C36H38N2O9/c1-20(39)44-19-24-10-11-25(40)12-13-35(2)26(24)15-29(46-33(42)22-8-6-21(17-37)7-9-22)36(3)32(35)31(41)30-28(47-36)16-27(45-34(30)43)23-5-4-14-38-18-23/h4-9,14,16,18,24-26,29,31-32,40-41H,10-13,15,19H2,1-3H3/t24?,25-,26?,29+,31+,32?,35+,36-/m1/s1. The summed E-state index contributed by atoms with van der Waals surface area (Å²) in [5, 5.41) is 32.3. The van der Waals surface area contributed by atoms with Gasteiger partial charge in [-0.3, -0.25) is 9.78 Å². The molecule has 47 heavy (non-hydrogen) atoms. The van der Waals surface area contributed by atoms with E-state index in [0.29, 0.717) is 43.2 Å². The lowest BCUT2D eigenvalue weighted by atomic mass is 9.47. The van der Waals surface area contributed by atoms with Crippen molar-refractivity contribution < 1.29 is 38.4 Å². The first-order valence-corrected chi connectivity index (χ1v) is 15.9. The maximum absolute atomic E-state index is 13.7. The van der Waals surface area contributed by atoms with Gasteiger partial charge in [-0.25, -0.2) is 9.59 Å². The predicted octanol–water partition coefficient (Wildman–Crippen LogP) is 4.74. The van der Waals surface area contributed by atoms with Gasteiger partial charge in [0.2, 0.25) is 0 Å². The number of hydrogen-bond donors (Lipinski definition) is 2. The zero-order chi connectivity index (χ0) is 33.5. The molecule has 0 amide bonds. The number of aliphatic hydroxyl groups is 2.